The molecule has 0 fully saturated rings. The second kappa shape index (κ2) is 31.7. The molecule has 0 aliphatic heterocycles. The van der Waals surface area contributed by atoms with Crippen LogP contribution >= 0.6 is 0 Å². The molecule has 0 saturated heterocycles. The zero-order valence-corrected chi connectivity index (χ0v) is 33.1. The maximum atomic E-state index is 13.9. The number of rotatable bonds is 36. The van der Waals surface area contributed by atoms with E-state index in [0.717, 1.165) is 19.3 Å². The number of carbonyl (C=O) groups is 1. The highest BCUT2D eigenvalue weighted by molar-refractivity contribution is 5.76. The second-order valence-corrected chi connectivity index (χ2v) is 15.9. The topological polar surface area (TPSA) is 37.3 Å². The van der Waals surface area contributed by atoms with Crippen LogP contribution in [-0.4, -0.2) is 11.1 Å². The fraction of sp³-hybridized carbons (Fsp3) is 0.977. The maximum Gasteiger partial charge on any atom is 0.310 e. The first-order valence-electron chi connectivity index (χ1n) is 21.6. The summed E-state index contributed by atoms with van der Waals surface area (Å²) in [5.74, 6) is 0.787. The van der Waals surface area contributed by atoms with E-state index in [2.05, 4.69) is 48.5 Å². The van der Waals surface area contributed by atoms with Gasteiger partial charge in [0.1, 0.15) is 0 Å². The third kappa shape index (κ3) is 20.1. The van der Waals surface area contributed by atoms with Gasteiger partial charge in [-0.2, -0.15) is 0 Å². The van der Waals surface area contributed by atoms with Crippen molar-refractivity contribution in [3.05, 3.63) is 0 Å². The largest absolute Gasteiger partial charge is 0.481 e. The minimum absolute atomic E-state index is 0.238. The van der Waals surface area contributed by atoms with Crippen LogP contribution in [0.5, 0.6) is 0 Å². The Bertz CT molecular complexity index is 620. The summed E-state index contributed by atoms with van der Waals surface area (Å²) < 4.78 is 0. The molecule has 0 radical (unpaired) electrons. The molecule has 1 N–H and O–H groups in total. The molecular formula is C44H88O2. The lowest BCUT2D eigenvalue weighted by molar-refractivity contribution is -0.167. The van der Waals surface area contributed by atoms with Gasteiger partial charge in [0.15, 0.2) is 0 Å². The van der Waals surface area contributed by atoms with E-state index >= 15 is 0 Å². The molecule has 0 aliphatic rings. The van der Waals surface area contributed by atoms with Crippen molar-refractivity contribution in [2.75, 3.05) is 0 Å². The van der Waals surface area contributed by atoms with Crippen LogP contribution in [0.1, 0.15) is 248 Å². The van der Waals surface area contributed by atoms with Gasteiger partial charge in [-0.05, 0) is 42.9 Å². The average molecular weight is 649 g/mol. The van der Waals surface area contributed by atoms with Crippen LogP contribution in [0.15, 0.2) is 0 Å². The molecule has 0 heterocycles. The molecule has 0 amide bonds. The van der Waals surface area contributed by atoms with Gasteiger partial charge in [-0.25, -0.2) is 0 Å². The van der Waals surface area contributed by atoms with Crippen molar-refractivity contribution in [2.45, 2.75) is 248 Å². The van der Waals surface area contributed by atoms with Gasteiger partial charge < -0.3 is 5.11 Å². The highest BCUT2D eigenvalue weighted by atomic mass is 16.4. The Morgan fingerprint density at radius 1 is 0.413 bits per heavy atom. The summed E-state index contributed by atoms with van der Waals surface area (Å²) in [7, 11) is 0. The summed E-state index contributed by atoms with van der Waals surface area (Å²) in [6.45, 7) is 16.3. The summed E-state index contributed by atoms with van der Waals surface area (Å²) >= 11 is 0. The molecular weight excluding hydrogens is 560 g/mol. The Balaban J connectivity index is 5.88. The maximum absolute atomic E-state index is 13.9. The van der Waals surface area contributed by atoms with Crippen LogP contribution in [0, 0.1) is 29.1 Å². The van der Waals surface area contributed by atoms with E-state index in [4.69, 9.17) is 0 Å². The van der Waals surface area contributed by atoms with Gasteiger partial charge >= 0.3 is 5.97 Å². The first-order chi connectivity index (χ1) is 22.3. The smallest absolute Gasteiger partial charge is 0.310 e. The number of hydrogen-bond donors (Lipinski definition) is 1. The highest BCUT2D eigenvalue weighted by Gasteiger charge is 2.54. The van der Waals surface area contributed by atoms with Gasteiger partial charge in [0.05, 0.1) is 5.41 Å². The van der Waals surface area contributed by atoms with Crippen molar-refractivity contribution in [1.29, 1.82) is 0 Å². The van der Waals surface area contributed by atoms with E-state index in [1.807, 2.05) is 0 Å². The van der Waals surface area contributed by atoms with E-state index in [0.29, 0.717) is 5.92 Å². The molecule has 2 heteroatoms. The molecule has 0 aromatic carbocycles. The Morgan fingerprint density at radius 3 is 0.978 bits per heavy atom. The van der Waals surface area contributed by atoms with E-state index < -0.39 is 11.4 Å². The summed E-state index contributed by atoms with van der Waals surface area (Å²) in [6.07, 6.45) is 39.9. The zero-order valence-electron chi connectivity index (χ0n) is 33.1. The predicted octanol–water partition coefficient (Wildman–Crippen LogP) is 15.8. The monoisotopic (exact) mass is 649 g/mol. The van der Waals surface area contributed by atoms with Crippen LogP contribution < -0.4 is 0 Å². The lowest BCUT2D eigenvalue weighted by Crippen LogP contribution is -2.51. The molecule has 0 bridgehead atoms. The molecule has 0 saturated carbocycles. The lowest BCUT2D eigenvalue weighted by Gasteiger charge is -2.49. The number of carboxylic acid groups (broad SMARTS) is 1. The van der Waals surface area contributed by atoms with Gasteiger partial charge in [0.25, 0.3) is 0 Å². The Hall–Kier alpha value is -0.530. The van der Waals surface area contributed by atoms with Crippen molar-refractivity contribution < 1.29 is 9.90 Å². The number of unbranched alkanes of at least 4 members (excludes halogenated alkanes) is 23. The van der Waals surface area contributed by atoms with Crippen LogP contribution in [-0.2, 0) is 4.79 Å². The predicted molar refractivity (Wildman–Crippen MR) is 207 cm³/mol. The Kier molecular flexibility index (Phi) is 31.4. The molecule has 0 spiro atoms. The normalized spacial score (nSPS) is 15.8. The minimum atomic E-state index is -0.603. The van der Waals surface area contributed by atoms with Crippen LogP contribution in [0.4, 0.5) is 0 Å². The van der Waals surface area contributed by atoms with E-state index in [9.17, 15) is 9.90 Å². The molecule has 0 rings (SSSR count). The number of hydrogen-bond acceptors (Lipinski definition) is 1. The Labute approximate surface area is 291 Å². The van der Waals surface area contributed by atoms with Crippen molar-refractivity contribution in [3.63, 3.8) is 0 Å². The average Bonchev–Trinajstić information content (AvgIpc) is 3.04. The fourth-order valence-electron chi connectivity index (χ4n) is 8.85. The molecule has 276 valence electrons. The van der Waals surface area contributed by atoms with Crippen molar-refractivity contribution in [3.8, 4) is 0 Å². The number of carboxylic acids is 1. The molecule has 0 aliphatic carbocycles. The minimum Gasteiger partial charge on any atom is -0.481 e. The quantitative estimate of drug-likeness (QED) is 0.0686. The molecule has 2 nitrogen and oxygen atoms in total. The third-order valence-corrected chi connectivity index (χ3v) is 11.9. The highest BCUT2D eigenvalue weighted by Crippen LogP contribution is 2.53. The first-order valence-corrected chi connectivity index (χ1v) is 21.6. The lowest BCUT2D eigenvalue weighted by atomic mass is 9.54. The van der Waals surface area contributed by atoms with Crippen LogP contribution in [0.2, 0.25) is 0 Å². The third-order valence-electron chi connectivity index (χ3n) is 11.9. The van der Waals surface area contributed by atoms with Gasteiger partial charge in [-0.3, -0.25) is 4.79 Å². The second-order valence-electron chi connectivity index (χ2n) is 15.9. The molecule has 46 heavy (non-hydrogen) atoms. The van der Waals surface area contributed by atoms with E-state index in [1.165, 1.54) is 180 Å². The fourth-order valence-corrected chi connectivity index (χ4v) is 8.85. The van der Waals surface area contributed by atoms with E-state index in [1.54, 1.807) is 0 Å². The summed E-state index contributed by atoms with van der Waals surface area (Å²) in [6, 6.07) is 0. The molecule has 4 atom stereocenters. The van der Waals surface area contributed by atoms with E-state index in [-0.39, 0.29) is 17.8 Å². The van der Waals surface area contributed by atoms with Crippen molar-refractivity contribution >= 4 is 5.97 Å². The summed E-state index contributed by atoms with van der Waals surface area (Å²) in [5, 5.41) is 11.4. The molecule has 0 aromatic rings. The van der Waals surface area contributed by atoms with Gasteiger partial charge in [-0.15, -0.1) is 0 Å². The number of aliphatic carboxylic acids is 1. The molecule has 0 aromatic heterocycles. The van der Waals surface area contributed by atoms with Crippen LogP contribution in [0.25, 0.3) is 0 Å². The zero-order chi connectivity index (χ0) is 34.3. The van der Waals surface area contributed by atoms with Gasteiger partial charge in [0, 0.05) is 0 Å². The van der Waals surface area contributed by atoms with Gasteiger partial charge in [0.2, 0.25) is 0 Å². The SMILES string of the molecule is CCCCCCCCCCCC(C(C)CCCCCCCC)C(C(=O)O)(C(C)CCCCCCCC)C(C)CCCCCCCC. The standard InChI is InChI=1S/C44H88O2/c1-8-12-16-20-24-25-26-30-34-38-42(39(5)35-31-27-21-17-13-9-2)44(43(45)46,40(6)36-32-28-22-18-14-10-3)41(7)37-33-29-23-19-15-11-4/h39-42H,8-38H2,1-7H3,(H,45,46). The van der Waals surface area contributed by atoms with Crippen LogP contribution in [0.3, 0.4) is 0 Å². The first kappa shape index (κ1) is 45.5. The summed E-state index contributed by atoms with van der Waals surface area (Å²) in [5.41, 5.74) is -0.603. The summed E-state index contributed by atoms with van der Waals surface area (Å²) in [4.78, 5) is 13.9. The molecule has 4 unspecified atom stereocenters. The van der Waals surface area contributed by atoms with Gasteiger partial charge in [-0.1, -0.05) is 228 Å². The van der Waals surface area contributed by atoms with Crippen molar-refractivity contribution in [1.82, 2.24) is 0 Å². The van der Waals surface area contributed by atoms with Crippen molar-refractivity contribution in [2.24, 2.45) is 29.1 Å². The Morgan fingerprint density at radius 2 is 0.674 bits per heavy atom.